The van der Waals surface area contributed by atoms with Crippen molar-refractivity contribution in [1.82, 2.24) is 0 Å². The lowest BCUT2D eigenvalue weighted by atomic mass is 10.1. The van der Waals surface area contributed by atoms with Gasteiger partial charge in [-0.3, -0.25) is 10.1 Å². The van der Waals surface area contributed by atoms with Gasteiger partial charge < -0.3 is 5.73 Å². The molecule has 0 saturated heterocycles. The number of quaternary nitrogens is 1. The number of carbonyl (C=O) groups is 1. The van der Waals surface area contributed by atoms with Gasteiger partial charge in [-0.05, 0) is 12.1 Å². The Morgan fingerprint density at radius 3 is 2.93 bits per heavy atom. The van der Waals surface area contributed by atoms with Crippen LogP contribution in [-0.2, 0) is 0 Å². The molecule has 0 aliphatic carbocycles. The molecule has 4 N–H and O–H groups in total. The molecule has 1 aliphatic rings. The molecule has 1 heterocycles. The van der Waals surface area contributed by atoms with E-state index in [9.17, 15) is 4.79 Å². The zero-order chi connectivity index (χ0) is 9.97. The second-order valence-electron chi connectivity index (χ2n) is 2.97. The molecule has 0 unspecified atom stereocenters. The molecule has 2 rings (SSSR count). The number of carbonyl (C=O) groups excluding carboxylic acids is 1. The minimum absolute atomic E-state index is 0.418. The van der Waals surface area contributed by atoms with Crippen LogP contribution < -0.4 is 11.1 Å². The number of amides is 1. The average molecular weight is 188 g/mol. The Kier molecular flexibility index (Phi) is 2.12. The minimum atomic E-state index is -0.418. The Balaban J connectivity index is 2.40. The maximum absolute atomic E-state index is 10.9. The molecule has 70 valence electrons. The van der Waals surface area contributed by atoms with Crippen molar-refractivity contribution in [2.75, 3.05) is 0 Å². The monoisotopic (exact) mass is 188 g/mol. The number of hydrogen-bond acceptors (Lipinski definition) is 2. The smallest absolute Gasteiger partial charge is 0.248 e. The van der Waals surface area contributed by atoms with Gasteiger partial charge in [0.2, 0.25) is 5.91 Å². The molecule has 1 aromatic rings. The zero-order valence-corrected chi connectivity index (χ0v) is 7.47. The Bertz CT molecular complexity index is 435. The first kappa shape index (κ1) is 8.65. The summed E-state index contributed by atoms with van der Waals surface area (Å²) in [6, 6.07) is 7.12. The van der Waals surface area contributed by atoms with Gasteiger partial charge in [0.05, 0.1) is 0 Å². The van der Waals surface area contributed by atoms with Crippen molar-refractivity contribution < 1.29 is 10.1 Å². The number of primary amides is 1. The lowest BCUT2D eigenvalue weighted by Gasteiger charge is -1.99. The third-order valence-electron chi connectivity index (χ3n) is 2.00. The van der Waals surface area contributed by atoms with Crippen LogP contribution in [0.1, 0.15) is 15.9 Å². The highest BCUT2D eigenvalue weighted by Gasteiger charge is 2.08. The molecular weight excluding hydrogens is 178 g/mol. The summed E-state index contributed by atoms with van der Waals surface area (Å²) in [5.41, 5.74) is 7.45. The first-order valence-electron chi connectivity index (χ1n) is 4.25. The van der Waals surface area contributed by atoms with E-state index in [4.69, 9.17) is 5.73 Å². The van der Waals surface area contributed by atoms with E-state index >= 15 is 0 Å². The average Bonchev–Trinajstić information content (AvgIpc) is 2.71. The first-order valence-corrected chi connectivity index (χ1v) is 4.25. The number of aliphatic imine (C=N–C) groups is 1. The van der Waals surface area contributed by atoms with Crippen LogP contribution in [0.15, 0.2) is 35.5 Å². The Labute approximate surface area is 81.1 Å². The summed E-state index contributed by atoms with van der Waals surface area (Å²) in [5.74, 6) is -0.418. The summed E-state index contributed by atoms with van der Waals surface area (Å²) < 4.78 is 0. The minimum Gasteiger partial charge on any atom is -0.366 e. The molecule has 0 aromatic heterocycles. The summed E-state index contributed by atoms with van der Waals surface area (Å²) in [5, 5.41) is 1.85. The van der Waals surface area contributed by atoms with Crippen LogP contribution in [-0.4, -0.2) is 12.2 Å². The standard InChI is InChI=1S/C10H9N3O/c11-10(14)8-3-1-2-7(4-8)9-5-12-6-13-9/h1-6H,(H2,11,14)(H,12,13)/p+1. The van der Waals surface area contributed by atoms with Crippen molar-refractivity contribution in [3.8, 4) is 0 Å². The van der Waals surface area contributed by atoms with E-state index in [2.05, 4.69) is 4.99 Å². The van der Waals surface area contributed by atoms with E-state index in [-0.39, 0.29) is 0 Å². The molecule has 0 spiro atoms. The molecule has 0 saturated carbocycles. The van der Waals surface area contributed by atoms with Crippen LogP contribution in [0.4, 0.5) is 0 Å². The number of nitrogens with two attached hydrogens (primary N) is 2. The normalized spacial score (nSPS) is 14.1. The molecule has 0 atom stereocenters. The van der Waals surface area contributed by atoms with E-state index in [1.807, 2.05) is 17.6 Å². The van der Waals surface area contributed by atoms with E-state index in [0.29, 0.717) is 5.56 Å². The van der Waals surface area contributed by atoms with Crippen molar-refractivity contribution in [1.29, 1.82) is 0 Å². The first-order chi connectivity index (χ1) is 6.77. The zero-order valence-electron chi connectivity index (χ0n) is 7.47. The van der Waals surface area contributed by atoms with E-state index < -0.39 is 5.91 Å². The maximum Gasteiger partial charge on any atom is 0.248 e. The van der Waals surface area contributed by atoms with Gasteiger partial charge in [-0.15, -0.1) is 0 Å². The Morgan fingerprint density at radius 1 is 1.43 bits per heavy atom. The van der Waals surface area contributed by atoms with Gasteiger partial charge in [0, 0.05) is 11.1 Å². The number of rotatable bonds is 2. The van der Waals surface area contributed by atoms with E-state index in [1.165, 1.54) is 0 Å². The second-order valence-corrected chi connectivity index (χ2v) is 2.97. The molecule has 1 aromatic carbocycles. The van der Waals surface area contributed by atoms with Crippen LogP contribution in [0.3, 0.4) is 0 Å². The van der Waals surface area contributed by atoms with Gasteiger partial charge in [-0.25, -0.2) is 0 Å². The predicted octanol–water partition coefficient (Wildman–Crippen LogP) is -0.311. The molecule has 4 heteroatoms. The summed E-state index contributed by atoms with van der Waals surface area (Å²) in [6.07, 6.45) is 3.60. The summed E-state index contributed by atoms with van der Waals surface area (Å²) in [6.45, 7) is 0. The van der Waals surface area contributed by atoms with Crippen LogP contribution >= 0.6 is 0 Å². The van der Waals surface area contributed by atoms with Crippen molar-refractivity contribution in [3.63, 3.8) is 0 Å². The van der Waals surface area contributed by atoms with Crippen LogP contribution in [0, 0.1) is 0 Å². The highest BCUT2D eigenvalue weighted by atomic mass is 16.1. The molecular formula is C10H10N3O+. The molecule has 0 radical (unpaired) electrons. The Morgan fingerprint density at radius 2 is 2.29 bits per heavy atom. The maximum atomic E-state index is 10.9. The summed E-state index contributed by atoms with van der Waals surface area (Å²) >= 11 is 0. The van der Waals surface area contributed by atoms with Gasteiger partial charge in [0.25, 0.3) is 0 Å². The largest absolute Gasteiger partial charge is 0.366 e. The third kappa shape index (κ3) is 1.55. The van der Waals surface area contributed by atoms with Crippen molar-refractivity contribution in [2.45, 2.75) is 0 Å². The summed E-state index contributed by atoms with van der Waals surface area (Å²) in [7, 11) is 0. The van der Waals surface area contributed by atoms with Gasteiger partial charge >= 0.3 is 0 Å². The fourth-order valence-electron chi connectivity index (χ4n) is 1.30. The second kappa shape index (κ2) is 3.43. The van der Waals surface area contributed by atoms with Gasteiger partial charge in [0.15, 0.2) is 6.34 Å². The quantitative estimate of drug-likeness (QED) is 0.656. The van der Waals surface area contributed by atoms with Gasteiger partial charge in [-0.1, -0.05) is 12.1 Å². The van der Waals surface area contributed by atoms with Gasteiger partial charge in [0.1, 0.15) is 11.9 Å². The highest BCUT2D eigenvalue weighted by molar-refractivity contribution is 5.93. The molecule has 1 aliphatic heterocycles. The molecule has 14 heavy (non-hydrogen) atoms. The fourth-order valence-corrected chi connectivity index (χ4v) is 1.30. The molecule has 1 amide bonds. The number of benzene rings is 1. The lowest BCUT2D eigenvalue weighted by molar-refractivity contribution is -0.446. The number of hydrogen-bond donors (Lipinski definition) is 2. The third-order valence-corrected chi connectivity index (χ3v) is 2.00. The molecule has 4 nitrogen and oxygen atoms in total. The Hall–Kier alpha value is -1.94. The summed E-state index contributed by atoms with van der Waals surface area (Å²) in [4.78, 5) is 15.1. The van der Waals surface area contributed by atoms with Crippen LogP contribution in [0.5, 0.6) is 0 Å². The van der Waals surface area contributed by atoms with Crippen LogP contribution in [0.2, 0.25) is 0 Å². The van der Waals surface area contributed by atoms with E-state index in [0.717, 1.165) is 11.3 Å². The topological polar surface area (TPSA) is 72.1 Å². The van der Waals surface area contributed by atoms with Crippen molar-refractivity contribution in [2.24, 2.45) is 10.7 Å². The highest BCUT2D eigenvalue weighted by Crippen LogP contribution is 2.16. The molecule has 0 bridgehead atoms. The van der Waals surface area contributed by atoms with Crippen LogP contribution in [0.25, 0.3) is 5.70 Å². The predicted molar refractivity (Wildman–Crippen MR) is 53.4 cm³/mol. The van der Waals surface area contributed by atoms with Gasteiger partial charge in [-0.2, -0.15) is 4.99 Å². The van der Waals surface area contributed by atoms with Crippen molar-refractivity contribution >= 4 is 17.9 Å². The lowest BCUT2D eigenvalue weighted by Crippen LogP contribution is -2.74. The molecule has 0 fully saturated rings. The van der Waals surface area contributed by atoms with E-state index in [1.54, 1.807) is 24.5 Å². The SMILES string of the molecule is NC(=O)c1cccc(C2=C[NH2+]C=N2)c1. The fraction of sp³-hybridized carbons (Fsp3) is 0. The van der Waals surface area contributed by atoms with Crippen molar-refractivity contribution in [3.05, 3.63) is 41.6 Å². The number of nitrogens with zero attached hydrogens (tertiary/aromatic N) is 1.